The van der Waals surface area contributed by atoms with Crippen molar-refractivity contribution in [2.75, 3.05) is 32.1 Å². The molecule has 0 aromatic carbocycles. The van der Waals surface area contributed by atoms with E-state index in [9.17, 15) is 9.90 Å². The first-order chi connectivity index (χ1) is 9.52. The summed E-state index contributed by atoms with van der Waals surface area (Å²) in [4.78, 5) is 23.4. The van der Waals surface area contributed by atoms with Crippen molar-refractivity contribution < 1.29 is 5.11 Å². The van der Waals surface area contributed by atoms with Gasteiger partial charge in [-0.1, -0.05) is 0 Å². The number of hydrogen-bond acceptors (Lipinski definition) is 5. The summed E-state index contributed by atoms with van der Waals surface area (Å²) in [5.41, 5.74) is -0.0955. The van der Waals surface area contributed by atoms with Crippen LogP contribution in [0, 0.1) is 0 Å². The molecule has 1 aromatic rings. The zero-order valence-corrected chi connectivity index (χ0v) is 12.0. The minimum atomic E-state index is -0.342. The molecule has 1 aliphatic carbocycles. The Kier molecular flexibility index (Phi) is 3.52. The highest BCUT2D eigenvalue weighted by molar-refractivity contribution is 5.41. The Balaban J connectivity index is 1.88. The maximum Gasteiger partial charge on any atom is 0.252 e. The molecule has 2 heterocycles. The summed E-state index contributed by atoms with van der Waals surface area (Å²) in [5, 5.41) is 9.93. The van der Waals surface area contributed by atoms with E-state index < -0.39 is 0 Å². The van der Waals surface area contributed by atoms with Gasteiger partial charge in [0.2, 0.25) is 0 Å². The van der Waals surface area contributed by atoms with E-state index in [0.29, 0.717) is 18.3 Å². The predicted molar refractivity (Wildman–Crippen MR) is 77.1 cm³/mol. The third-order valence-electron chi connectivity index (χ3n) is 3.97. The summed E-state index contributed by atoms with van der Waals surface area (Å²) < 4.78 is 0. The van der Waals surface area contributed by atoms with Crippen LogP contribution < -0.4 is 10.5 Å². The molecule has 0 bridgehead atoms. The standard InChI is InChI=1S/C14H22N4O2/c1-17(2)7-10-5-11(19)8-18(10)12-6-13(20)16-14(15-12)9-3-4-9/h6,9-11,19H,3-5,7-8H2,1-2H3,(H,15,16,20). The fraction of sp³-hybridized carbons (Fsp3) is 0.714. The highest BCUT2D eigenvalue weighted by atomic mass is 16.3. The first-order valence-corrected chi connectivity index (χ1v) is 7.23. The molecule has 2 atom stereocenters. The van der Waals surface area contributed by atoms with Crippen LogP contribution in [0.4, 0.5) is 5.82 Å². The van der Waals surface area contributed by atoms with Crippen molar-refractivity contribution in [1.82, 2.24) is 14.9 Å². The smallest absolute Gasteiger partial charge is 0.252 e. The number of hydrogen-bond donors (Lipinski definition) is 2. The highest BCUT2D eigenvalue weighted by Crippen LogP contribution is 2.38. The topological polar surface area (TPSA) is 72.5 Å². The molecule has 2 unspecified atom stereocenters. The molecule has 6 nitrogen and oxygen atoms in total. The number of nitrogens with one attached hydrogen (secondary N) is 1. The minimum Gasteiger partial charge on any atom is -0.391 e. The third kappa shape index (κ3) is 2.86. The summed E-state index contributed by atoms with van der Waals surface area (Å²) in [5.74, 6) is 1.93. The van der Waals surface area contributed by atoms with Gasteiger partial charge in [-0.3, -0.25) is 4.79 Å². The normalized spacial score (nSPS) is 26.5. The van der Waals surface area contributed by atoms with Crippen LogP contribution in [0.2, 0.25) is 0 Å². The van der Waals surface area contributed by atoms with Crippen molar-refractivity contribution in [3.05, 3.63) is 22.2 Å². The zero-order chi connectivity index (χ0) is 14.3. The molecular weight excluding hydrogens is 256 g/mol. The van der Waals surface area contributed by atoms with Gasteiger partial charge in [0.1, 0.15) is 11.6 Å². The predicted octanol–water partition coefficient (Wildman–Crippen LogP) is 0.149. The zero-order valence-electron chi connectivity index (χ0n) is 12.0. The molecule has 1 saturated carbocycles. The Bertz CT molecular complexity index is 538. The minimum absolute atomic E-state index is 0.0955. The molecule has 1 aromatic heterocycles. The summed E-state index contributed by atoms with van der Waals surface area (Å²) in [6.45, 7) is 1.41. The first-order valence-electron chi connectivity index (χ1n) is 7.23. The summed E-state index contributed by atoms with van der Waals surface area (Å²) >= 11 is 0. The van der Waals surface area contributed by atoms with Crippen molar-refractivity contribution in [2.45, 2.75) is 37.3 Å². The largest absolute Gasteiger partial charge is 0.391 e. The number of nitrogens with zero attached hydrogens (tertiary/aromatic N) is 3. The number of aliphatic hydroxyl groups excluding tert-OH is 1. The van der Waals surface area contributed by atoms with Crippen LogP contribution in [0.1, 0.15) is 31.0 Å². The van der Waals surface area contributed by atoms with Gasteiger partial charge < -0.3 is 19.9 Å². The van der Waals surface area contributed by atoms with Gasteiger partial charge in [0.05, 0.1) is 6.10 Å². The molecule has 20 heavy (non-hydrogen) atoms. The van der Waals surface area contributed by atoms with Crippen LogP contribution in [0.3, 0.4) is 0 Å². The van der Waals surface area contributed by atoms with Crippen molar-refractivity contribution in [3.8, 4) is 0 Å². The lowest BCUT2D eigenvalue weighted by molar-refractivity contribution is 0.191. The van der Waals surface area contributed by atoms with Crippen LogP contribution in [0.15, 0.2) is 10.9 Å². The molecule has 2 N–H and O–H groups in total. The second-order valence-electron chi connectivity index (χ2n) is 6.22. The SMILES string of the molecule is CN(C)CC1CC(O)CN1c1cc(=O)[nH]c(C2CC2)n1. The number of likely N-dealkylation sites (N-methyl/N-ethyl adjacent to an activating group) is 1. The second kappa shape index (κ2) is 5.18. The van der Waals surface area contributed by atoms with Crippen LogP contribution in [-0.4, -0.2) is 59.3 Å². The quantitative estimate of drug-likeness (QED) is 0.820. The number of rotatable bonds is 4. The molecule has 1 saturated heterocycles. The molecule has 2 fully saturated rings. The molecule has 0 amide bonds. The summed E-state index contributed by atoms with van der Waals surface area (Å²) in [6.07, 6.45) is 2.60. The number of aromatic amines is 1. The van der Waals surface area contributed by atoms with Crippen molar-refractivity contribution >= 4 is 5.82 Å². The van der Waals surface area contributed by atoms with E-state index in [1.165, 1.54) is 0 Å². The van der Waals surface area contributed by atoms with Gasteiger partial charge in [0.25, 0.3) is 5.56 Å². The van der Waals surface area contributed by atoms with Crippen LogP contribution in [0.25, 0.3) is 0 Å². The Morgan fingerprint density at radius 1 is 1.50 bits per heavy atom. The van der Waals surface area contributed by atoms with Crippen molar-refractivity contribution in [3.63, 3.8) is 0 Å². The Hall–Kier alpha value is -1.40. The second-order valence-corrected chi connectivity index (χ2v) is 6.22. The number of anilines is 1. The molecule has 6 heteroatoms. The van der Waals surface area contributed by atoms with E-state index in [2.05, 4.69) is 19.8 Å². The van der Waals surface area contributed by atoms with Gasteiger partial charge in [-0.2, -0.15) is 0 Å². The maximum absolute atomic E-state index is 11.8. The van der Waals surface area contributed by atoms with Gasteiger partial charge in [-0.05, 0) is 33.4 Å². The molecule has 110 valence electrons. The Morgan fingerprint density at radius 2 is 2.25 bits per heavy atom. The molecule has 0 spiro atoms. The number of aromatic nitrogens is 2. The summed E-state index contributed by atoms with van der Waals surface area (Å²) in [7, 11) is 4.04. The number of aliphatic hydroxyl groups is 1. The van der Waals surface area contributed by atoms with Crippen molar-refractivity contribution in [2.24, 2.45) is 0 Å². The third-order valence-corrected chi connectivity index (χ3v) is 3.97. The number of H-pyrrole nitrogens is 1. The lowest BCUT2D eigenvalue weighted by Crippen LogP contribution is -2.38. The fourth-order valence-corrected chi connectivity index (χ4v) is 2.93. The lowest BCUT2D eigenvalue weighted by atomic mass is 10.2. The van der Waals surface area contributed by atoms with E-state index in [-0.39, 0.29) is 17.7 Å². The van der Waals surface area contributed by atoms with Gasteiger partial charge >= 0.3 is 0 Å². The average molecular weight is 278 g/mol. The van der Waals surface area contributed by atoms with Crippen LogP contribution in [-0.2, 0) is 0 Å². The maximum atomic E-state index is 11.8. The molecule has 0 radical (unpaired) electrons. The highest BCUT2D eigenvalue weighted by Gasteiger charge is 2.33. The van der Waals surface area contributed by atoms with E-state index in [1.54, 1.807) is 6.07 Å². The summed E-state index contributed by atoms with van der Waals surface area (Å²) in [6, 6.07) is 1.76. The van der Waals surface area contributed by atoms with Gasteiger partial charge in [-0.25, -0.2) is 4.98 Å². The van der Waals surface area contributed by atoms with E-state index >= 15 is 0 Å². The first kappa shape index (κ1) is 13.6. The molecule has 2 aliphatic rings. The molecular formula is C14H22N4O2. The van der Waals surface area contributed by atoms with Gasteiger partial charge in [0, 0.05) is 31.1 Å². The van der Waals surface area contributed by atoms with E-state index in [4.69, 9.17) is 0 Å². The Labute approximate surface area is 118 Å². The van der Waals surface area contributed by atoms with E-state index in [1.807, 2.05) is 14.1 Å². The van der Waals surface area contributed by atoms with Gasteiger partial charge in [-0.15, -0.1) is 0 Å². The van der Waals surface area contributed by atoms with Gasteiger partial charge in [0.15, 0.2) is 0 Å². The Morgan fingerprint density at radius 3 is 2.90 bits per heavy atom. The molecule has 1 aliphatic heterocycles. The van der Waals surface area contributed by atoms with Crippen LogP contribution >= 0.6 is 0 Å². The molecule has 3 rings (SSSR count). The fourth-order valence-electron chi connectivity index (χ4n) is 2.93. The average Bonchev–Trinajstić information content (AvgIpc) is 3.13. The van der Waals surface area contributed by atoms with Crippen molar-refractivity contribution in [1.29, 1.82) is 0 Å². The number of β-amino-alcohol motifs (C(OH)–C–C–N with tert-alkyl or cyclic N) is 1. The van der Waals surface area contributed by atoms with Crippen LogP contribution in [0.5, 0.6) is 0 Å². The lowest BCUT2D eigenvalue weighted by Gasteiger charge is -2.27. The monoisotopic (exact) mass is 278 g/mol. The van der Waals surface area contributed by atoms with E-state index in [0.717, 1.165) is 31.6 Å².